The maximum Gasteiger partial charge on any atom is 0.303 e. The number of methoxy groups -OCH3 is 1. The highest BCUT2D eigenvalue weighted by atomic mass is 32.2. The van der Waals surface area contributed by atoms with Gasteiger partial charge in [-0.1, -0.05) is 0 Å². The smallest absolute Gasteiger partial charge is 0.303 e. The summed E-state index contributed by atoms with van der Waals surface area (Å²) in [5, 5.41) is 8.35. The molecule has 5 nitrogen and oxygen atoms in total. The van der Waals surface area contributed by atoms with Crippen LogP contribution in [0.1, 0.15) is 25.7 Å². The Balaban J connectivity index is 3.60. The number of sulfone groups is 1. The first-order chi connectivity index (χ1) is 6.98. The molecule has 0 aliphatic rings. The van der Waals surface area contributed by atoms with Crippen molar-refractivity contribution in [2.24, 2.45) is 0 Å². The molecule has 0 saturated heterocycles. The molecule has 0 fully saturated rings. The number of aliphatic carboxylic acids is 1. The SMILES string of the molecule is COCCCS(=O)(=O)CCCCC(=O)O. The Morgan fingerprint density at radius 1 is 1.20 bits per heavy atom. The Bertz CT molecular complexity index is 270. The molecule has 0 amide bonds. The van der Waals surface area contributed by atoms with Crippen LogP contribution < -0.4 is 0 Å². The Labute approximate surface area is 90.4 Å². The molecule has 0 rings (SSSR count). The first kappa shape index (κ1) is 14.4. The maximum atomic E-state index is 11.3. The molecule has 0 spiro atoms. The lowest BCUT2D eigenvalue weighted by molar-refractivity contribution is -0.137. The van der Waals surface area contributed by atoms with Gasteiger partial charge in [0.2, 0.25) is 0 Å². The van der Waals surface area contributed by atoms with Gasteiger partial charge in [-0.3, -0.25) is 4.79 Å². The summed E-state index contributed by atoms with van der Waals surface area (Å²) in [7, 11) is -1.50. The van der Waals surface area contributed by atoms with Gasteiger partial charge in [-0.15, -0.1) is 0 Å². The number of unbranched alkanes of at least 4 members (excludes halogenated alkanes) is 1. The van der Waals surface area contributed by atoms with E-state index in [1.165, 1.54) is 7.11 Å². The van der Waals surface area contributed by atoms with E-state index in [4.69, 9.17) is 9.84 Å². The summed E-state index contributed by atoms with van der Waals surface area (Å²) < 4.78 is 27.4. The molecule has 15 heavy (non-hydrogen) atoms. The quantitative estimate of drug-likeness (QED) is 0.598. The van der Waals surface area contributed by atoms with E-state index in [0.29, 0.717) is 25.9 Å². The minimum atomic E-state index is -3.02. The van der Waals surface area contributed by atoms with E-state index in [9.17, 15) is 13.2 Å². The summed E-state index contributed by atoms with van der Waals surface area (Å²) in [5.74, 6) is -0.690. The second-order valence-corrected chi connectivity index (χ2v) is 5.65. The summed E-state index contributed by atoms with van der Waals surface area (Å²) in [4.78, 5) is 10.2. The van der Waals surface area contributed by atoms with Crippen LogP contribution in [0.3, 0.4) is 0 Å². The fourth-order valence-electron chi connectivity index (χ4n) is 1.12. The van der Waals surface area contributed by atoms with Gasteiger partial charge in [0, 0.05) is 20.1 Å². The molecule has 0 aromatic rings. The fourth-order valence-corrected chi connectivity index (χ4v) is 2.53. The van der Waals surface area contributed by atoms with E-state index in [2.05, 4.69) is 0 Å². The third-order valence-electron chi connectivity index (χ3n) is 1.90. The van der Waals surface area contributed by atoms with Gasteiger partial charge in [-0.25, -0.2) is 8.42 Å². The van der Waals surface area contributed by atoms with E-state index >= 15 is 0 Å². The van der Waals surface area contributed by atoms with Crippen molar-refractivity contribution < 1.29 is 23.1 Å². The monoisotopic (exact) mass is 238 g/mol. The Hall–Kier alpha value is -0.620. The van der Waals surface area contributed by atoms with Crippen molar-refractivity contribution in [2.45, 2.75) is 25.7 Å². The molecule has 0 aliphatic heterocycles. The van der Waals surface area contributed by atoms with Gasteiger partial charge >= 0.3 is 5.97 Å². The zero-order valence-corrected chi connectivity index (χ0v) is 9.75. The summed E-state index contributed by atoms with van der Waals surface area (Å²) in [6, 6.07) is 0. The van der Waals surface area contributed by atoms with Gasteiger partial charge in [0.1, 0.15) is 9.84 Å². The average molecular weight is 238 g/mol. The van der Waals surface area contributed by atoms with Gasteiger partial charge in [-0.2, -0.15) is 0 Å². The van der Waals surface area contributed by atoms with Crippen molar-refractivity contribution in [3.05, 3.63) is 0 Å². The minimum absolute atomic E-state index is 0.0353. The summed E-state index contributed by atoms with van der Waals surface area (Å²) in [6.45, 7) is 0.439. The highest BCUT2D eigenvalue weighted by molar-refractivity contribution is 7.91. The maximum absolute atomic E-state index is 11.3. The molecule has 1 N–H and O–H groups in total. The number of carbonyl (C=O) groups is 1. The summed E-state index contributed by atoms with van der Waals surface area (Å²) in [5.41, 5.74) is 0. The van der Waals surface area contributed by atoms with Crippen molar-refractivity contribution >= 4 is 15.8 Å². The number of carboxylic acid groups (broad SMARTS) is 1. The van der Waals surface area contributed by atoms with Gasteiger partial charge in [0.25, 0.3) is 0 Å². The zero-order valence-electron chi connectivity index (χ0n) is 8.94. The van der Waals surface area contributed by atoms with Crippen molar-refractivity contribution in [1.82, 2.24) is 0 Å². The molecule has 0 saturated carbocycles. The average Bonchev–Trinajstić information content (AvgIpc) is 2.13. The predicted molar refractivity (Wildman–Crippen MR) is 56.6 cm³/mol. The van der Waals surface area contributed by atoms with Crippen LogP contribution in [0, 0.1) is 0 Å². The number of carboxylic acids is 1. The molecule has 0 radical (unpaired) electrons. The molecule has 0 aromatic carbocycles. The first-order valence-electron chi connectivity index (χ1n) is 4.89. The molecular weight excluding hydrogens is 220 g/mol. The zero-order chi connectivity index (χ0) is 11.7. The van der Waals surface area contributed by atoms with E-state index in [0.717, 1.165) is 0 Å². The molecule has 0 aromatic heterocycles. The van der Waals surface area contributed by atoms with Crippen LogP contribution >= 0.6 is 0 Å². The van der Waals surface area contributed by atoms with E-state index in [1.807, 2.05) is 0 Å². The van der Waals surface area contributed by atoms with Crippen molar-refractivity contribution in [1.29, 1.82) is 0 Å². The number of hydrogen-bond acceptors (Lipinski definition) is 4. The second kappa shape index (κ2) is 7.64. The van der Waals surface area contributed by atoms with Crippen molar-refractivity contribution in [3.8, 4) is 0 Å². The molecule has 0 aliphatic carbocycles. The standard InChI is InChI=1S/C9H18O5S/c1-14-6-4-8-15(12,13)7-3-2-5-9(10)11/h2-8H2,1H3,(H,10,11). The van der Waals surface area contributed by atoms with Crippen molar-refractivity contribution in [3.63, 3.8) is 0 Å². The third-order valence-corrected chi connectivity index (χ3v) is 3.72. The fraction of sp³-hybridized carbons (Fsp3) is 0.889. The van der Waals surface area contributed by atoms with Gasteiger partial charge in [-0.05, 0) is 19.3 Å². The number of rotatable bonds is 9. The normalized spacial score (nSPS) is 11.5. The van der Waals surface area contributed by atoms with Gasteiger partial charge < -0.3 is 9.84 Å². The molecule has 0 heterocycles. The molecule has 6 heteroatoms. The van der Waals surface area contributed by atoms with E-state index in [-0.39, 0.29) is 17.9 Å². The number of ether oxygens (including phenoxy) is 1. The van der Waals surface area contributed by atoms with Crippen LogP contribution in [-0.4, -0.2) is 44.7 Å². The Morgan fingerprint density at radius 3 is 2.33 bits per heavy atom. The second-order valence-electron chi connectivity index (χ2n) is 3.35. The van der Waals surface area contributed by atoms with Gasteiger partial charge in [0.15, 0.2) is 0 Å². The first-order valence-corrected chi connectivity index (χ1v) is 6.71. The molecule has 0 unspecified atom stereocenters. The topological polar surface area (TPSA) is 80.7 Å². The highest BCUT2D eigenvalue weighted by Gasteiger charge is 2.10. The van der Waals surface area contributed by atoms with Crippen LogP contribution in [0.15, 0.2) is 0 Å². The molecule has 0 bridgehead atoms. The summed E-state index contributed by atoms with van der Waals surface area (Å²) >= 11 is 0. The van der Waals surface area contributed by atoms with E-state index in [1.54, 1.807) is 0 Å². The van der Waals surface area contributed by atoms with Crippen LogP contribution in [-0.2, 0) is 19.4 Å². The van der Waals surface area contributed by atoms with Gasteiger partial charge in [0.05, 0.1) is 11.5 Å². The van der Waals surface area contributed by atoms with Crippen LogP contribution in [0.25, 0.3) is 0 Å². The lowest BCUT2D eigenvalue weighted by Crippen LogP contribution is -2.13. The Morgan fingerprint density at radius 2 is 1.80 bits per heavy atom. The number of hydrogen-bond donors (Lipinski definition) is 1. The van der Waals surface area contributed by atoms with Crippen molar-refractivity contribution in [2.75, 3.05) is 25.2 Å². The molecule has 90 valence electrons. The van der Waals surface area contributed by atoms with Crippen LogP contribution in [0.5, 0.6) is 0 Å². The molecule has 0 atom stereocenters. The van der Waals surface area contributed by atoms with E-state index < -0.39 is 15.8 Å². The predicted octanol–water partition coefficient (Wildman–Crippen LogP) is 0.693. The third kappa shape index (κ3) is 9.68. The summed E-state index contributed by atoms with van der Waals surface area (Å²) in [6.07, 6.45) is 1.37. The molecular formula is C9H18O5S. The lowest BCUT2D eigenvalue weighted by Gasteiger charge is -2.03. The van der Waals surface area contributed by atoms with Crippen LogP contribution in [0.4, 0.5) is 0 Å². The minimum Gasteiger partial charge on any atom is -0.481 e. The van der Waals surface area contributed by atoms with Crippen LogP contribution in [0.2, 0.25) is 0 Å². The highest BCUT2D eigenvalue weighted by Crippen LogP contribution is 2.02. The lowest BCUT2D eigenvalue weighted by atomic mass is 10.3. The largest absolute Gasteiger partial charge is 0.481 e. The Kier molecular flexibility index (Phi) is 7.33.